The molecule has 0 spiro atoms. The van der Waals surface area contributed by atoms with E-state index in [1.165, 1.54) is 6.07 Å². The van der Waals surface area contributed by atoms with Crippen LogP contribution in [0.2, 0.25) is 0 Å². The smallest absolute Gasteiger partial charge is 0.266 e. The molecule has 1 heterocycles. The van der Waals surface area contributed by atoms with E-state index in [1.54, 1.807) is 22.6 Å². The van der Waals surface area contributed by atoms with Crippen LogP contribution < -0.4 is 0 Å². The fourth-order valence-electron chi connectivity index (χ4n) is 1.05. The standard InChI is InChI=1S/C8H7BrF2INO/c9-2-4-1-5(3-14)13-8(12)6(4)7(10)11/h1,7,14H,2-3H2. The van der Waals surface area contributed by atoms with Crippen LogP contribution in [0.5, 0.6) is 0 Å². The van der Waals surface area contributed by atoms with Crippen molar-refractivity contribution in [1.29, 1.82) is 0 Å². The highest BCUT2D eigenvalue weighted by molar-refractivity contribution is 14.1. The topological polar surface area (TPSA) is 33.1 Å². The molecule has 6 heteroatoms. The minimum Gasteiger partial charge on any atom is -0.390 e. The average Bonchev–Trinajstić information content (AvgIpc) is 2.15. The first-order chi connectivity index (χ1) is 6.60. The highest BCUT2D eigenvalue weighted by atomic mass is 127. The lowest BCUT2D eigenvalue weighted by Crippen LogP contribution is -2.03. The summed E-state index contributed by atoms with van der Waals surface area (Å²) in [5.41, 5.74) is 0.830. The third kappa shape index (κ3) is 2.60. The predicted molar refractivity (Wildman–Crippen MR) is 60.5 cm³/mol. The van der Waals surface area contributed by atoms with Gasteiger partial charge in [0, 0.05) is 5.33 Å². The van der Waals surface area contributed by atoms with Crippen LogP contribution in [0.25, 0.3) is 0 Å². The van der Waals surface area contributed by atoms with E-state index in [0.717, 1.165) is 0 Å². The first kappa shape index (κ1) is 12.3. The summed E-state index contributed by atoms with van der Waals surface area (Å²) in [6.07, 6.45) is -2.53. The Kier molecular flexibility index (Phi) is 4.65. The lowest BCUT2D eigenvalue weighted by atomic mass is 10.1. The molecule has 2 nitrogen and oxygen atoms in total. The number of hydrogen-bond donors (Lipinski definition) is 1. The van der Waals surface area contributed by atoms with Crippen LogP contribution in [0.15, 0.2) is 6.07 Å². The van der Waals surface area contributed by atoms with Crippen LogP contribution >= 0.6 is 38.5 Å². The van der Waals surface area contributed by atoms with Gasteiger partial charge in [0.15, 0.2) is 0 Å². The Balaban J connectivity index is 3.27. The minimum atomic E-state index is -2.53. The fourth-order valence-corrected chi connectivity index (χ4v) is 2.41. The van der Waals surface area contributed by atoms with E-state index in [4.69, 9.17) is 5.11 Å². The molecule has 0 aromatic carbocycles. The predicted octanol–water partition coefficient (Wildman–Crippen LogP) is 3.01. The number of halogens is 4. The SMILES string of the molecule is OCc1cc(CBr)c(C(F)F)c(I)n1. The normalized spacial score (nSPS) is 11.0. The van der Waals surface area contributed by atoms with Gasteiger partial charge < -0.3 is 5.11 Å². The monoisotopic (exact) mass is 377 g/mol. The van der Waals surface area contributed by atoms with E-state index in [0.29, 0.717) is 16.6 Å². The van der Waals surface area contributed by atoms with Gasteiger partial charge in [-0.25, -0.2) is 13.8 Å². The van der Waals surface area contributed by atoms with Gasteiger partial charge >= 0.3 is 0 Å². The summed E-state index contributed by atoms with van der Waals surface area (Å²) in [6.45, 7) is -0.237. The Bertz CT molecular complexity index is 335. The van der Waals surface area contributed by atoms with Gasteiger partial charge in [-0.2, -0.15) is 0 Å². The van der Waals surface area contributed by atoms with Crippen LogP contribution in [0.4, 0.5) is 8.78 Å². The molecule has 1 N–H and O–H groups in total. The molecular formula is C8H7BrF2INO. The molecule has 0 amide bonds. The van der Waals surface area contributed by atoms with Gasteiger partial charge in [-0.1, -0.05) is 15.9 Å². The van der Waals surface area contributed by atoms with E-state index >= 15 is 0 Å². The molecule has 0 bridgehead atoms. The van der Waals surface area contributed by atoms with Crippen molar-refractivity contribution in [3.63, 3.8) is 0 Å². The molecule has 1 aromatic heterocycles. The quantitative estimate of drug-likeness (QED) is 0.499. The maximum absolute atomic E-state index is 12.6. The van der Waals surface area contributed by atoms with Crippen molar-refractivity contribution in [2.45, 2.75) is 18.4 Å². The molecule has 1 aromatic rings. The molecule has 0 radical (unpaired) electrons. The summed E-state index contributed by atoms with van der Waals surface area (Å²) in [4.78, 5) is 3.86. The Hall–Kier alpha value is 0.180. The lowest BCUT2D eigenvalue weighted by molar-refractivity contribution is 0.148. The van der Waals surface area contributed by atoms with Crippen LogP contribution in [0.3, 0.4) is 0 Å². The zero-order chi connectivity index (χ0) is 10.7. The number of rotatable bonds is 3. The Morgan fingerprint density at radius 2 is 2.21 bits per heavy atom. The molecule has 1 rings (SSSR count). The number of aliphatic hydroxyl groups is 1. The molecule has 0 saturated heterocycles. The van der Waals surface area contributed by atoms with Crippen LogP contribution in [0, 0.1) is 3.70 Å². The number of pyridine rings is 1. The molecule has 14 heavy (non-hydrogen) atoms. The molecule has 0 unspecified atom stereocenters. The van der Waals surface area contributed by atoms with Crippen molar-refractivity contribution >= 4 is 38.5 Å². The maximum atomic E-state index is 12.6. The summed E-state index contributed by atoms with van der Waals surface area (Å²) in [6, 6.07) is 1.48. The number of aromatic nitrogens is 1. The van der Waals surface area contributed by atoms with Gasteiger partial charge in [-0.05, 0) is 34.2 Å². The van der Waals surface area contributed by atoms with E-state index in [2.05, 4.69) is 20.9 Å². The van der Waals surface area contributed by atoms with Crippen molar-refractivity contribution in [2.75, 3.05) is 0 Å². The number of nitrogens with zero attached hydrogens (tertiary/aromatic N) is 1. The second-order valence-electron chi connectivity index (χ2n) is 2.57. The third-order valence-electron chi connectivity index (χ3n) is 1.67. The number of aliphatic hydroxyl groups excluding tert-OH is 1. The zero-order valence-electron chi connectivity index (χ0n) is 6.98. The van der Waals surface area contributed by atoms with Crippen LogP contribution in [-0.2, 0) is 11.9 Å². The first-order valence-corrected chi connectivity index (χ1v) is 5.93. The van der Waals surface area contributed by atoms with E-state index in [9.17, 15) is 8.78 Å². The average molecular weight is 378 g/mol. The summed E-state index contributed by atoms with van der Waals surface area (Å²) in [5.74, 6) is 0. The molecular weight excluding hydrogens is 371 g/mol. The summed E-state index contributed by atoms with van der Waals surface area (Å²) >= 11 is 4.88. The van der Waals surface area contributed by atoms with Crippen molar-refractivity contribution in [2.24, 2.45) is 0 Å². The minimum absolute atomic E-state index is 0.0559. The fraction of sp³-hybridized carbons (Fsp3) is 0.375. The van der Waals surface area contributed by atoms with Gasteiger partial charge in [-0.3, -0.25) is 0 Å². The second-order valence-corrected chi connectivity index (χ2v) is 4.15. The van der Waals surface area contributed by atoms with Crippen molar-refractivity contribution in [3.8, 4) is 0 Å². The van der Waals surface area contributed by atoms with Gasteiger partial charge in [0.05, 0.1) is 17.9 Å². The molecule has 78 valence electrons. The highest BCUT2D eigenvalue weighted by Gasteiger charge is 2.18. The summed E-state index contributed by atoms with van der Waals surface area (Å²) in [5, 5.41) is 9.17. The Morgan fingerprint density at radius 1 is 1.57 bits per heavy atom. The maximum Gasteiger partial charge on any atom is 0.266 e. The lowest BCUT2D eigenvalue weighted by Gasteiger charge is -2.09. The third-order valence-corrected chi connectivity index (χ3v) is 3.10. The van der Waals surface area contributed by atoms with E-state index in [-0.39, 0.29) is 15.9 Å². The van der Waals surface area contributed by atoms with Crippen molar-refractivity contribution in [1.82, 2.24) is 4.98 Å². The molecule has 0 aliphatic heterocycles. The highest BCUT2D eigenvalue weighted by Crippen LogP contribution is 2.28. The van der Waals surface area contributed by atoms with Gasteiger partial charge in [-0.15, -0.1) is 0 Å². The van der Waals surface area contributed by atoms with Gasteiger partial charge in [0.1, 0.15) is 3.70 Å². The molecule has 0 aliphatic carbocycles. The summed E-state index contributed by atoms with van der Waals surface area (Å²) < 4.78 is 25.4. The van der Waals surface area contributed by atoms with E-state index < -0.39 is 6.43 Å². The first-order valence-electron chi connectivity index (χ1n) is 3.73. The summed E-state index contributed by atoms with van der Waals surface area (Å²) in [7, 11) is 0. The molecule has 0 aliphatic rings. The Morgan fingerprint density at radius 3 is 2.64 bits per heavy atom. The van der Waals surface area contributed by atoms with Crippen molar-refractivity contribution < 1.29 is 13.9 Å². The van der Waals surface area contributed by atoms with Crippen LogP contribution in [-0.4, -0.2) is 10.1 Å². The molecule has 0 atom stereocenters. The zero-order valence-corrected chi connectivity index (χ0v) is 10.7. The van der Waals surface area contributed by atoms with Crippen LogP contribution in [0.1, 0.15) is 23.2 Å². The number of hydrogen-bond acceptors (Lipinski definition) is 2. The van der Waals surface area contributed by atoms with Gasteiger partial charge in [0.2, 0.25) is 0 Å². The van der Waals surface area contributed by atoms with Crippen molar-refractivity contribution in [3.05, 3.63) is 26.6 Å². The molecule has 0 saturated carbocycles. The molecule has 0 fully saturated rings. The second kappa shape index (κ2) is 5.32. The largest absolute Gasteiger partial charge is 0.390 e. The van der Waals surface area contributed by atoms with Gasteiger partial charge in [0.25, 0.3) is 6.43 Å². The number of alkyl halides is 3. The Labute approximate surface area is 102 Å². The van der Waals surface area contributed by atoms with E-state index in [1.807, 2.05) is 0 Å².